The van der Waals surface area contributed by atoms with Crippen LogP contribution in [-0.2, 0) is 0 Å². The second-order valence-electron chi connectivity index (χ2n) is 9.21. The van der Waals surface area contributed by atoms with Crippen LogP contribution in [0.5, 0.6) is 0 Å². The number of para-hydroxylation sites is 2. The number of hydrogen-bond donors (Lipinski definition) is 0. The average Bonchev–Trinajstić information content (AvgIpc) is 3.59. The van der Waals surface area contributed by atoms with Gasteiger partial charge in [0.25, 0.3) is 0 Å². The Balaban J connectivity index is 1.35. The predicted molar refractivity (Wildman–Crippen MR) is 151 cm³/mol. The van der Waals surface area contributed by atoms with Crippen LogP contribution in [0.4, 0.5) is 17.1 Å². The van der Waals surface area contributed by atoms with Gasteiger partial charge < -0.3 is 4.90 Å². The first-order valence-corrected chi connectivity index (χ1v) is 12.4. The Kier molecular flexibility index (Phi) is 4.16. The van der Waals surface area contributed by atoms with Crippen molar-refractivity contribution in [1.82, 2.24) is 18.9 Å². The van der Waals surface area contributed by atoms with Crippen molar-refractivity contribution in [1.29, 1.82) is 0 Å². The summed E-state index contributed by atoms with van der Waals surface area (Å²) in [6, 6.07) is 38.2. The van der Waals surface area contributed by atoms with Crippen LogP contribution < -0.4 is 4.90 Å². The number of benzene rings is 4. The first-order chi connectivity index (χ1) is 18.4. The van der Waals surface area contributed by atoms with Crippen LogP contribution in [0, 0.1) is 0 Å². The van der Waals surface area contributed by atoms with Crippen molar-refractivity contribution in [3.8, 4) is 5.69 Å². The molecule has 8 rings (SSSR count). The van der Waals surface area contributed by atoms with Gasteiger partial charge in [0, 0.05) is 57.5 Å². The van der Waals surface area contributed by atoms with Crippen LogP contribution in [0.1, 0.15) is 0 Å². The summed E-state index contributed by atoms with van der Waals surface area (Å²) in [5.74, 6) is 0. The zero-order valence-electron chi connectivity index (χ0n) is 19.9. The number of rotatable bonds is 4. The van der Waals surface area contributed by atoms with Crippen molar-refractivity contribution in [2.45, 2.75) is 0 Å². The minimum Gasteiger partial charge on any atom is -0.311 e. The van der Waals surface area contributed by atoms with E-state index in [0.717, 1.165) is 55.8 Å². The van der Waals surface area contributed by atoms with Gasteiger partial charge in [-0.2, -0.15) is 0 Å². The average molecular weight is 476 g/mol. The molecule has 5 heteroatoms. The zero-order chi connectivity index (χ0) is 24.3. The smallest absolute Gasteiger partial charge is 0.146 e. The van der Waals surface area contributed by atoms with Gasteiger partial charge in [0.15, 0.2) is 0 Å². The van der Waals surface area contributed by atoms with Crippen molar-refractivity contribution in [3.05, 3.63) is 128 Å². The summed E-state index contributed by atoms with van der Waals surface area (Å²) in [7, 11) is 0. The lowest BCUT2D eigenvalue weighted by molar-refractivity contribution is 1.13. The van der Waals surface area contributed by atoms with E-state index in [1.807, 2.05) is 30.7 Å². The van der Waals surface area contributed by atoms with E-state index >= 15 is 0 Å². The van der Waals surface area contributed by atoms with E-state index in [1.165, 1.54) is 5.39 Å². The summed E-state index contributed by atoms with van der Waals surface area (Å²) in [6.07, 6.45) is 5.79. The minimum atomic E-state index is 0.949. The van der Waals surface area contributed by atoms with Gasteiger partial charge >= 0.3 is 0 Å². The molecule has 0 aliphatic heterocycles. The molecule has 0 fully saturated rings. The molecule has 4 heterocycles. The van der Waals surface area contributed by atoms with E-state index in [-0.39, 0.29) is 0 Å². The van der Waals surface area contributed by atoms with Crippen LogP contribution in [0.25, 0.3) is 44.2 Å². The molecule has 0 aliphatic carbocycles. The third kappa shape index (κ3) is 2.85. The molecular formula is C32H21N5. The zero-order valence-corrected chi connectivity index (χ0v) is 19.9. The van der Waals surface area contributed by atoms with E-state index < -0.39 is 0 Å². The molecule has 5 nitrogen and oxygen atoms in total. The topological polar surface area (TPSA) is 38.4 Å². The lowest BCUT2D eigenvalue weighted by Crippen LogP contribution is -2.09. The second-order valence-corrected chi connectivity index (χ2v) is 9.21. The van der Waals surface area contributed by atoms with E-state index in [1.54, 1.807) is 0 Å². The molecular weight excluding hydrogens is 454 g/mol. The standard InChI is InChI=1S/C32H21N5/c1-3-8-22(9-4-1)36(23-10-5-2-6-11-23)24-14-16-25(17-15-24)37-28-13-7-12-27-30(28)29-26(18-19-33-32(29)37)31-34-20-21-35(27)31/h1-21H. The molecule has 0 radical (unpaired) electrons. The summed E-state index contributed by atoms with van der Waals surface area (Å²) >= 11 is 0. The predicted octanol–water partition coefficient (Wildman–Crippen LogP) is 7.89. The lowest BCUT2D eigenvalue weighted by atomic mass is 10.1. The van der Waals surface area contributed by atoms with Crippen molar-refractivity contribution < 1.29 is 0 Å². The second kappa shape index (κ2) is 7.67. The van der Waals surface area contributed by atoms with Gasteiger partial charge in [0.2, 0.25) is 0 Å². The van der Waals surface area contributed by atoms with Crippen LogP contribution in [0.15, 0.2) is 128 Å². The van der Waals surface area contributed by atoms with Crippen molar-refractivity contribution in [2.24, 2.45) is 0 Å². The van der Waals surface area contributed by atoms with Gasteiger partial charge in [0.05, 0.1) is 11.0 Å². The summed E-state index contributed by atoms with van der Waals surface area (Å²) in [5.41, 5.74) is 8.61. The third-order valence-corrected chi connectivity index (χ3v) is 7.19. The Morgan fingerprint density at radius 2 is 1.16 bits per heavy atom. The fraction of sp³-hybridized carbons (Fsp3) is 0. The Morgan fingerprint density at radius 3 is 1.89 bits per heavy atom. The monoisotopic (exact) mass is 475 g/mol. The highest BCUT2D eigenvalue weighted by molar-refractivity contribution is 6.25. The van der Waals surface area contributed by atoms with Crippen molar-refractivity contribution in [2.75, 3.05) is 4.90 Å². The largest absolute Gasteiger partial charge is 0.311 e. The molecule has 0 unspecified atom stereocenters. The maximum Gasteiger partial charge on any atom is 0.146 e. The van der Waals surface area contributed by atoms with Crippen molar-refractivity contribution >= 4 is 55.5 Å². The quantitative estimate of drug-likeness (QED) is 0.243. The Morgan fingerprint density at radius 1 is 0.514 bits per heavy atom. The first kappa shape index (κ1) is 20.1. The SMILES string of the molecule is c1ccc(N(c2ccccc2)c2ccc(-n3c4cccc5c4c4c(ccnc43)c3nccn53)cc2)cc1. The Hall–Kier alpha value is -5.16. The van der Waals surface area contributed by atoms with Gasteiger partial charge in [-0.1, -0.05) is 42.5 Å². The molecule has 0 saturated heterocycles. The van der Waals surface area contributed by atoms with Gasteiger partial charge in [-0.15, -0.1) is 0 Å². The maximum atomic E-state index is 4.86. The number of pyridine rings is 2. The molecule has 0 atom stereocenters. The van der Waals surface area contributed by atoms with Crippen LogP contribution in [0.3, 0.4) is 0 Å². The van der Waals surface area contributed by atoms with E-state index in [0.29, 0.717) is 0 Å². The van der Waals surface area contributed by atoms with Gasteiger partial charge in [-0.25, -0.2) is 9.97 Å². The highest BCUT2D eigenvalue weighted by atomic mass is 15.1. The molecule has 0 N–H and O–H groups in total. The molecule has 4 aromatic carbocycles. The van der Waals surface area contributed by atoms with E-state index in [4.69, 9.17) is 4.98 Å². The molecule has 4 aromatic heterocycles. The van der Waals surface area contributed by atoms with Crippen LogP contribution in [0.2, 0.25) is 0 Å². The maximum absolute atomic E-state index is 4.86. The molecule has 174 valence electrons. The van der Waals surface area contributed by atoms with Crippen LogP contribution in [-0.4, -0.2) is 18.9 Å². The summed E-state index contributed by atoms with van der Waals surface area (Å²) in [5, 5.41) is 3.49. The number of fused-ring (bicyclic) bond motifs is 3. The summed E-state index contributed by atoms with van der Waals surface area (Å²) < 4.78 is 4.44. The summed E-state index contributed by atoms with van der Waals surface area (Å²) in [6.45, 7) is 0. The summed E-state index contributed by atoms with van der Waals surface area (Å²) in [4.78, 5) is 11.8. The van der Waals surface area contributed by atoms with Gasteiger partial charge in [-0.05, 0) is 66.7 Å². The number of imidazole rings is 1. The highest BCUT2D eigenvalue weighted by Gasteiger charge is 2.21. The normalized spacial score (nSPS) is 11.8. The fourth-order valence-electron chi connectivity index (χ4n) is 5.65. The Labute approximate surface area is 212 Å². The fourth-order valence-corrected chi connectivity index (χ4v) is 5.65. The minimum absolute atomic E-state index is 0.949. The molecule has 8 aromatic rings. The highest BCUT2D eigenvalue weighted by Crippen LogP contribution is 2.40. The number of nitrogens with zero attached hydrogens (tertiary/aromatic N) is 5. The molecule has 37 heavy (non-hydrogen) atoms. The van der Waals surface area contributed by atoms with E-state index in [2.05, 4.69) is 116 Å². The number of aromatic nitrogens is 4. The molecule has 0 spiro atoms. The van der Waals surface area contributed by atoms with Crippen LogP contribution >= 0.6 is 0 Å². The molecule has 0 bridgehead atoms. The van der Waals surface area contributed by atoms with Gasteiger partial charge in [0.1, 0.15) is 11.3 Å². The third-order valence-electron chi connectivity index (χ3n) is 7.19. The first-order valence-electron chi connectivity index (χ1n) is 12.4. The number of hydrogen-bond acceptors (Lipinski definition) is 3. The van der Waals surface area contributed by atoms with Crippen molar-refractivity contribution in [3.63, 3.8) is 0 Å². The lowest BCUT2D eigenvalue weighted by Gasteiger charge is -2.25. The number of anilines is 3. The molecule has 0 amide bonds. The molecule has 0 aliphatic rings. The molecule has 0 saturated carbocycles. The van der Waals surface area contributed by atoms with E-state index in [9.17, 15) is 0 Å². The van der Waals surface area contributed by atoms with Gasteiger partial charge in [-0.3, -0.25) is 8.97 Å². The Bertz CT molecular complexity index is 1900.